The molecule has 7 heteroatoms. The molecular formula is C22H18N2O5. The van der Waals surface area contributed by atoms with Crippen molar-refractivity contribution in [1.29, 1.82) is 0 Å². The van der Waals surface area contributed by atoms with Crippen LogP contribution in [0.25, 0.3) is 0 Å². The number of hydrogen-bond donors (Lipinski definition) is 0. The van der Waals surface area contributed by atoms with E-state index in [1.807, 2.05) is 30.3 Å². The van der Waals surface area contributed by atoms with Crippen molar-refractivity contribution >= 4 is 23.2 Å². The van der Waals surface area contributed by atoms with Crippen LogP contribution in [0.2, 0.25) is 0 Å². The Morgan fingerprint density at radius 2 is 1.62 bits per heavy atom. The van der Waals surface area contributed by atoms with E-state index in [2.05, 4.69) is 0 Å². The van der Waals surface area contributed by atoms with Crippen LogP contribution in [-0.2, 0) is 14.4 Å². The molecule has 2 fully saturated rings. The van der Waals surface area contributed by atoms with E-state index in [4.69, 9.17) is 14.0 Å². The Labute approximate surface area is 167 Å². The second-order valence-corrected chi connectivity index (χ2v) is 6.88. The Hall–Kier alpha value is -3.58. The lowest BCUT2D eigenvalue weighted by Gasteiger charge is -2.27. The summed E-state index contributed by atoms with van der Waals surface area (Å²) >= 11 is 0. The van der Waals surface area contributed by atoms with E-state index in [9.17, 15) is 9.59 Å². The van der Waals surface area contributed by atoms with Gasteiger partial charge in [0, 0.05) is 0 Å². The van der Waals surface area contributed by atoms with Crippen LogP contribution in [0.5, 0.6) is 5.75 Å². The summed E-state index contributed by atoms with van der Waals surface area (Å²) in [6, 6.07) is 19.2. The van der Waals surface area contributed by atoms with Crippen LogP contribution in [0.1, 0.15) is 11.8 Å². The minimum absolute atomic E-state index is 0.315. The van der Waals surface area contributed by atoms with Gasteiger partial charge in [-0.25, -0.2) is 9.96 Å². The number of para-hydroxylation sites is 1. The number of imide groups is 1. The second kappa shape index (κ2) is 6.79. The molecule has 0 aliphatic carbocycles. The maximum absolute atomic E-state index is 13.4. The van der Waals surface area contributed by atoms with Crippen LogP contribution >= 0.6 is 0 Å². The summed E-state index contributed by atoms with van der Waals surface area (Å²) < 4.78 is 10.8. The third kappa shape index (κ3) is 2.70. The van der Waals surface area contributed by atoms with Crippen molar-refractivity contribution in [2.24, 2.45) is 5.92 Å². The summed E-state index contributed by atoms with van der Waals surface area (Å²) in [7, 11) is 1.56. The topological polar surface area (TPSA) is 72.2 Å². The van der Waals surface area contributed by atoms with Crippen LogP contribution in [-0.4, -0.2) is 25.0 Å². The summed E-state index contributed by atoms with van der Waals surface area (Å²) in [5.74, 6) is -0.201. The number of benzene rings is 2. The maximum atomic E-state index is 13.4. The minimum atomic E-state index is -0.917. The highest BCUT2D eigenvalue weighted by Crippen LogP contribution is 2.47. The summed E-state index contributed by atoms with van der Waals surface area (Å²) in [5.41, 5.74) is 1.24. The number of amides is 2. The molecule has 5 rings (SSSR count). The number of carbonyl (C=O) groups is 2. The zero-order chi connectivity index (χ0) is 20.0. The van der Waals surface area contributed by atoms with Crippen LogP contribution < -0.4 is 14.7 Å². The molecule has 0 spiro atoms. The molecule has 146 valence electrons. The van der Waals surface area contributed by atoms with Gasteiger partial charge in [0.2, 0.25) is 5.91 Å². The van der Waals surface area contributed by atoms with Gasteiger partial charge in [-0.3, -0.25) is 14.4 Å². The van der Waals surface area contributed by atoms with Crippen molar-refractivity contribution < 1.29 is 23.6 Å². The number of furan rings is 1. The third-order valence-corrected chi connectivity index (χ3v) is 5.29. The van der Waals surface area contributed by atoms with E-state index in [0.717, 1.165) is 5.69 Å². The largest absolute Gasteiger partial charge is 0.497 e. The summed E-state index contributed by atoms with van der Waals surface area (Å²) in [5, 5.41) is 1.61. The average Bonchev–Trinajstić information content (AvgIpc) is 3.47. The SMILES string of the molecule is COc1ccc(N2C(=O)[C@H]3[C@H](ON(c4ccccc4)[C@H]3c3ccco3)C2=O)cc1. The summed E-state index contributed by atoms with van der Waals surface area (Å²) in [4.78, 5) is 33.7. The molecule has 0 saturated carbocycles. The summed E-state index contributed by atoms with van der Waals surface area (Å²) in [6.45, 7) is 0. The number of hydroxylamine groups is 1. The first-order valence-electron chi connectivity index (χ1n) is 9.25. The highest BCUT2D eigenvalue weighted by Gasteiger charge is 2.61. The van der Waals surface area contributed by atoms with Crippen molar-refractivity contribution in [1.82, 2.24) is 0 Å². The quantitative estimate of drug-likeness (QED) is 0.637. The molecule has 29 heavy (non-hydrogen) atoms. The van der Waals surface area contributed by atoms with Crippen LogP contribution in [0.3, 0.4) is 0 Å². The molecule has 3 aromatic rings. The summed E-state index contributed by atoms with van der Waals surface area (Å²) in [6.07, 6.45) is 0.633. The van der Waals surface area contributed by atoms with Gasteiger partial charge in [-0.2, -0.15) is 0 Å². The molecule has 0 unspecified atom stereocenters. The minimum Gasteiger partial charge on any atom is -0.497 e. The Morgan fingerprint density at radius 3 is 2.28 bits per heavy atom. The average molecular weight is 390 g/mol. The zero-order valence-electron chi connectivity index (χ0n) is 15.6. The van der Waals surface area contributed by atoms with E-state index < -0.39 is 18.1 Å². The molecular weight excluding hydrogens is 372 g/mol. The van der Waals surface area contributed by atoms with Gasteiger partial charge in [0.25, 0.3) is 5.91 Å². The molecule has 2 amide bonds. The number of hydrogen-bond acceptors (Lipinski definition) is 6. The first kappa shape index (κ1) is 17.5. The molecule has 2 aliphatic rings. The molecule has 0 bridgehead atoms. The van der Waals surface area contributed by atoms with E-state index in [-0.39, 0.29) is 11.8 Å². The van der Waals surface area contributed by atoms with Gasteiger partial charge in [0.05, 0.1) is 24.7 Å². The Kier molecular flexibility index (Phi) is 4.10. The first-order valence-corrected chi connectivity index (χ1v) is 9.25. The fourth-order valence-electron chi connectivity index (χ4n) is 3.95. The van der Waals surface area contributed by atoms with Crippen molar-refractivity contribution in [3.05, 3.63) is 78.8 Å². The molecule has 7 nitrogen and oxygen atoms in total. The van der Waals surface area contributed by atoms with Gasteiger partial charge < -0.3 is 9.15 Å². The zero-order valence-corrected chi connectivity index (χ0v) is 15.6. The lowest BCUT2D eigenvalue weighted by Crippen LogP contribution is -2.37. The fraction of sp³-hybridized carbons (Fsp3) is 0.182. The molecule has 2 aliphatic heterocycles. The van der Waals surface area contributed by atoms with Gasteiger partial charge in [-0.05, 0) is 48.5 Å². The molecule has 3 atom stereocenters. The van der Waals surface area contributed by atoms with Gasteiger partial charge in [-0.1, -0.05) is 18.2 Å². The lowest BCUT2D eigenvalue weighted by atomic mass is 9.94. The smallest absolute Gasteiger partial charge is 0.266 e. The van der Waals surface area contributed by atoms with E-state index in [1.54, 1.807) is 54.8 Å². The molecule has 1 aromatic heterocycles. The van der Waals surface area contributed by atoms with Crippen LogP contribution in [0.15, 0.2) is 77.4 Å². The number of carbonyl (C=O) groups excluding carboxylic acids is 2. The van der Waals surface area contributed by atoms with Crippen molar-refractivity contribution in [2.75, 3.05) is 17.1 Å². The number of rotatable bonds is 4. The molecule has 2 aromatic carbocycles. The van der Waals surface area contributed by atoms with Crippen molar-refractivity contribution in [3.63, 3.8) is 0 Å². The van der Waals surface area contributed by atoms with E-state index in [1.165, 1.54) is 4.90 Å². The normalized spacial score (nSPS) is 23.6. The van der Waals surface area contributed by atoms with Crippen LogP contribution in [0.4, 0.5) is 11.4 Å². The molecule has 0 radical (unpaired) electrons. The van der Waals surface area contributed by atoms with E-state index in [0.29, 0.717) is 17.2 Å². The number of ether oxygens (including phenoxy) is 1. The molecule has 0 N–H and O–H groups in total. The monoisotopic (exact) mass is 390 g/mol. The van der Waals surface area contributed by atoms with Gasteiger partial charge in [0.1, 0.15) is 23.5 Å². The van der Waals surface area contributed by atoms with Gasteiger partial charge in [-0.15, -0.1) is 0 Å². The van der Waals surface area contributed by atoms with Crippen LogP contribution in [0, 0.1) is 5.92 Å². The van der Waals surface area contributed by atoms with Gasteiger partial charge in [0.15, 0.2) is 6.10 Å². The first-order chi connectivity index (χ1) is 14.2. The molecule has 3 heterocycles. The Bertz CT molecular complexity index is 1030. The highest BCUT2D eigenvalue weighted by atomic mass is 16.7. The standard InChI is InChI=1S/C22H18N2O5/c1-27-16-11-9-14(10-12-16)23-21(25)18-19(17-8-5-13-28-17)24(29-20(18)22(23)26)15-6-3-2-4-7-15/h2-13,18-20H,1H3/t18-,19+,20+/m1/s1. The third-order valence-electron chi connectivity index (χ3n) is 5.29. The predicted molar refractivity (Wildman–Crippen MR) is 104 cm³/mol. The van der Waals surface area contributed by atoms with Crippen molar-refractivity contribution in [3.8, 4) is 5.75 Å². The lowest BCUT2D eigenvalue weighted by molar-refractivity contribution is -0.126. The Morgan fingerprint density at radius 1 is 0.862 bits per heavy atom. The number of anilines is 2. The highest BCUT2D eigenvalue weighted by molar-refractivity contribution is 6.23. The Balaban J connectivity index is 1.54. The number of fused-ring (bicyclic) bond motifs is 1. The van der Waals surface area contributed by atoms with E-state index >= 15 is 0 Å². The number of methoxy groups -OCH3 is 1. The maximum Gasteiger partial charge on any atom is 0.266 e. The number of nitrogens with zero attached hydrogens (tertiary/aromatic N) is 2. The van der Waals surface area contributed by atoms with Gasteiger partial charge >= 0.3 is 0 Å². The van der Waals surface area contributed by atoms with Crippen molar-refractivity contribution in [2.45, 2.75) is 12.1 Å². The predicted octanol–water partition coefficient (Wildman–Crippen LogP) is 3.34. The molecule has 2 saturated heterocycles. The fourth-order valence-corrected chi connectivity index (χ4v) is 3.95. The second-order valence-electron chi connectivity index (χ2n) is 6.88.